The molecule has 2 fully saturated rings. The van der Waals surface area contributed by atoms with Crippen LogP contribution in [0.25, 0.3) is 0 Å². The first-order valence-electron chi connectivity index (χ1n) is 7.88. The maximum absolute atomic E-state index is 12.4. The van der Waals surface area contributed by atoms with E-state index in [-0.39, 0.29) is 18.1 Å². The van der Waals surface area contributed by atoms with Gasteiger partial charge >= 0.3 is 0 Å². The number of anilines is 1. The Morgan fingerprint density at radius 3 is 3.18 bits per heavy atom. The summed E-state index contributed by atoms with van der Waals surface area (Å²) in [4.78, 5) is 14.4. The number of rotatable bonds is 5. The number of likely N-dealkylation sites (tertiary alicyclic amines) is 1. The van der Waals surface area contributed by atoms with Crippen molar-refractivity contribution in [3.8, 4) is 12.3 Å². The number of carbonyl (C=O) groups excluding carboxylic acids is 1. The van der Waals surface area contributed by atoms with Crippen LogP contribution in [0.15, 0.2) is 12.4 Å². The van der Waals surface area contributed by atoms with Gasteiger partial charge < -0.3 is 10.1 Å². The second-order valence-corrected chi connectivity index (χ2v) is 5.91. The molecule has 0 radical (unpaired) electrons. The minimum Gasteiger partial charge on any atom is -0.376 e. The summed E-state index contributed by atoms with van der Waals surface area (Å²) < 4.78 is 7.43. The maximum atomic E-state index is 12.4. The van der Waals surface area contributed by atoms with Crippen LogP contribution in [0.1, 0.15) is 25.7 Å². The Morgan fingerprint density at radius 2 is 2.41 bits per heavy atom. The van der Waals surface area contributed by atoms with Gasteiger partial charge in [0.25, 0.3) is 0 Å². The fraction of sp³-hybridized carbons (Fsp3) is 0.625. The molecule has 2 saturated heterocycles. The first-order valence-corrected chi connectivity index (χ1v) is 7.88. The van der Waals surface area contributed by atoms with E-state index in [1.54, 1.807) is 6.20 Å². The van der Waals surface area contributed by atoms with Crippen LogP contribution in [0.3, 0.4) is 0 Å². The van der Waals surface area contributed by atoms with Crippen LogP contribution in [-0.2, 0) is 16.1 Å². The third kappa shape index (κ3) is 3.49. The highest BCUT2D eigenvalue weighted by atomic mass is 16.5. The smallest absolute Gasteiger partial charge is 0.241 e. The lowest BCUT2D eigenvalue weighted by molar-refractivity contribution is -0.120. The van der Waals surface area contributed by atoms with Crippen LogP contribution >= 0.6 is 0 Å². The number of amides is 1. The van der Waals surface area contributed by atoms with Crippen molar-refractivity contribution in [2.24, 2.45) is 0 Å². The van der Waals surface area contributed by atoms with Gasteiger partial charge in [-0.05, 0) is 32.2 Å². The summed E-state index contributed by atoms with van der Waals surface area (Å²) in [6.45, 7) is 2.99. The number of nitrogens with zero attached hydrogens (tertiary/aromatic N) is 3. The summed E-state index contributed by atoms with van der Waals surface area (Å²) in [6, 6.07) is -0.127. The van der Waals surface area contributed by atoms with Gasteiger partial charge in [-0.1, -0.05) is 5.92 Å². The molecule has 22 heavy (non-hydrogen) atoms. The van der Waals surface area contributed by atoms with Crippen molar-refractivity contribution in [3.05, 3.63) is 12.4 Å². The van der Waals surface area contributed by atoms with Crippen molar-refractivity contribution in [2.45, 2.75) is 44.4 Å². The quantitative estimate of drug-likeness (QED) is 0.828. The molecular weight excluding hydrogens is 280 g/mol. The molecule has 6 nitrogen and oxygen atoms in total. The first-order chi connectivity index (χ1) is 10.8. The molecule has 1 aromatic heterocycles. The van der Waals surface area contributed by atoms with Crippen molar-refractivity contribution in [3.63, 3.8) is 0 Å². The van der Waals surface area contributed by atoms with Gasteiger partial charge in [0.2, 0.25) is 5.91 Å². The Balaban J connectivity index is 1.55. The van der Waals surface area contributed by atoms with Crippen LogP contribution in [0, 0.1) is 12.3 Å². The Morgan fingerprint density at radius 1 is 1.50 bits per heavy atom. The summed E-state index contributed by atoms with van der Waals surface area (Å²) >= 11 is 0. The molecule has 0 aromatic carbocycles. The monoisotopic (exact) mass is 302 g/mol. The highest BCUT2D eigenvalue weighted by Gasteiger charge is 2.30. The molecule has 2 aliphatic rings. The van der Waals surface area contributed by atoms with Gasteiger partial charge in [0.15, 0.2) is 0 Å². The Bertz CT molecular complexity index is 557. The highest BCUT2D eigenvalue weighted by Crippen LogP contribution is 2.19. The molecule has 1 aromatic rings. The number of ether oxygens (including phenoxy) is 1. The van der Waals surface area contributed by atoms with Gasteiger partial charge in [0.05, 0.1) is 37.1 Å². The fourth-order valence-electron chi connectivity index (χ4n) is 3.18. The average Bonchev–Trinajstić information content (AvgIpc) is 3.22. The molecular formula is C16H22N4O2. The number of hydrogen-bond donors (Lipinski definition) is 1. The van der Waals surface area contributed by atoms with E-state index in [0.29, 0.717) is 6.54 Å². The van der Waals surface area contributed by atoms with Gasteiger partial charge in [-0.2, -0.15) is 5.10 Å². The molecule has 3 rings (SSSR count). The summed E-state index contributed by atoms with van der Waals surface area (Å²) in [7, 11) is 0. The number of hydrogen-bond acceptors (Lipinski definition) is 4. The molecule has 1 N–H and O–H groups in total. The summed E-state index contributed by atoms with van der Waals surface area (Å²) in [5.41, 5.74) is 0.732. The largest absolute Gasteiger partial charge is 0.376 e. The lowest BCUT2D eigenvalue weighted by Gasteiger charge is -2.20. The van der Waals surface area contributed by atoms with Crippen LogP contribution in [0.4, 0.5) is 5.69 Å². The lowest BCUT2D eigenvalue weighted by atomic mass is 10.2. The molecule has 0 spiro atoms. The maximum Gasteiger partial charge on any atom is 0.241 e. The minimum absolute atomic E-state index is 0.00409. The van der Waals surface area contributed by atoms with E-state index in [0.717, 1.165) is 51.1 Å². The van der Waals surface area contributed by atoms with Gasteiger partial charge in [0, 0.05) is 12.8 Å². The standard InChI is InChI=1S/C16H22N4O2/c1-2-7-19-8-3-6-15(19)16(21)18-13-10-17-20(11-13)12-14-5-4-9-22-14/h1,10-11,14-15H,3-9,12H2,(H,18,21)/t14-,15+/m1/s1. The second kappa shape index (κ2) is 6.95. The van der Waals surface area contributed by atoms with E-state index in [1.807, 2.05) is 15.8 Å². The van der Waals surface area contributed by atoms with Crippen molar-refractivity contribution in [1.82, 2.24) is 14.7 Å². The summed E-state index contributed by atoms with van der Waals surface area (Å²) in [5.74, 6) is 2.62. The van der Waals surface area contributed by atoms with Crippen LogP contribution in [0.2, 0.25) is 0 Å². The molecule has 1 amide bonds. The topological polar surface area (TPSA) is 59.4 Å². The van der Waals surface area contributed by atoms with Crippen molar-refractivity contribution in [1.29, 1.82) is 0 Å². The number of nitrogens with one attached hydrogen (secondary N) is 1. The number of carbonyl (C=O) groups is 1. The van der Waals surface area contributed by atoms with E-state index >= 15 is 0 Å². The zero-order chi connectivity index (χ0) is 15.4. The zero-order valence-electron chi connectivity index (χ0n) is 12.7. The van der Waals surface area contributed by atoms with Gasteiger partial charge in [0.1, 0.15) is 0 Å². The zero-order valence-corrected chi connectivity index (χ0v) is 12.7. The molecule has 0 aliphatic carbocycles. The minimum atomic E-state index is -0.127. The highest BCUT2D eigenvalue weighted by molar-refractivity contribution is 5.94. The van der Waals surface area contributed by atoms with Crippen LogP contribution < -0.4 is 5.32 Å². The van der Waals surface area contributed by atoms with Crippen molar-refractivity contribution in [2.75, 3.05) is 25.0 Å². The van der Waals surface area contributed by atoms with Gasteiger partial charge in [-0.3, -0.25) is 14.4 Å². The predicted molar refractivity (Wildman–Crippen MR) is 83.3 cm³/mol. The number of aromatic nitrogens is 2. The van der Waals surface area contributed by atoms with Crippen molar-refractivity contribution < 1.29 is 9.53 Å². The van der Waals surface area contributed by atoms with Gasteiger partial charge in [-0.25, -0.2) is 0 Å². The predicted octanol–water partition coefficient (Wildman–Crippen LogP) is 1.10. The Hall–Kier alpha value is -1.84. The summed E-state index contributed by atoms with van der Waals surface area (Å²) in [6.07, 6.45) is 13.2. The van der Waals surface area contributed by atoms with E-state index in [4.69, 9.17) is 11.2 Å². The number of terminal acetylenes is 1. The molecule has 3 heterocycles. The molecule has 0 saturated carbocycles. The molecule has 118 valence electrons. The average molecular weight is 302 g/mol. The summed E-state index contributed by atoms with van der Waals surface area (Å²) in [5, 5.41) is 7.23. The van der Waals surface area contributed by atoms with E-state index in [1.165, 1.54) is 0 Å². The van der Waals surface area contributed by atoms with Crippen LogP contribution in [-0.4, -0.2) is 52.4 Å². The van der Waals surface area contributed by atoms with Gasteiger partial charge in [-0.15, -0.1) is 6.42 Å². The first kappa shape index (κ1) is 15.1. The molecule has 2 aliphatic heterocycles. The Labute approximate surface area is 130 Å². The van der Waals surface area contributed by atoms with Crippen LogP contribution in [0.5, 0.6) is 0 Å². The molecule has 0 unspecified atom stereocenters. The second-order valence-electron chi connectivity index (χ2n) is 5.91. The molecule has 2 atom stereocenters. The third-order valence-corrected chi connectivity index (χ3v) is 4.28. The van der Waals surface area contributed by atoms with E-state index in [9.17, 15) is 4.79 Å². The Kier molecular flexibility index (Phi) is 4.76. The fourth-order valence-corrected chi connectivity index (χ4v) is 3.18. The van der Waals surface area contributed by atoms with E-state index in [2.05, 4.69) is 16.3 Å². The normalized spacial score (nSPS) is 25.2. The van der Waals surface area contributed by atoms with Crippen molar-refractivity contribution >= 4 is 11.6 Å². The SMILES string of the molecule is C#CCN1CCC[C@H]1C(=O)Nc1cnn(C[C@H]2CCCO2)c1. The third-order valence-electron chi connectivity index (χ3n) is 4.28. The molecule has 0 bridgehead atoms. The van der Waals surface area contributed by atoms with E-state index < -0.39 is 0 Å². The lowest BCUT2D eigenvalue weighted by Crippen LogP contribution is -2.39. The molecule has 6 heteroatoms.